The van der Waals surface area contributed by atoms with E-state index in [0.29, 0.717) is 6.61 Å². The van der Waals surface area contributed by atoms with Crippen LogP contribution in [0.5, 0.6) is 5.75 Å². The van der Waals surface area contributed by atoms with E-state index in [-0.39, 0.29) is 0 Å². The van der Waals surface area contributed by atoms with Crippen LogP contribution in [0.15, 0.2) is 102 Å². The van der Waals surface area contributed by atoms with Crippen LogP contribution >= 0.6 is 0 Å². The number of pyridine rings is 1. The van der Waals surface area contributed by atoms with Gasteiger partial charge in [-0.2, -0.15) is 0 Å². The van der Waals surface area contributed by atoms with Crippen LogP contribution in [0, 0.1) is 0 Å². The molecule has 5 rings (SSSR count). The second kappa shape index (κ2) is 9.44. The second-order valence-corrected chi connectivity index (χ2v) is 7.87. The Morgan fingerprint density at radius 1 is 0.875 bits per heavy atom. The molecule has 1 aliphatic carbocycles. The molecule has 0 saturated heterocycles. The highest BCUT2D eigenvalue weighted by Gasteiger charge is 2.06. The van der Waals surface area contributed by atoms with E-state index in [1.807, 2.05) is 36.4 Å². The van der Waals surface area contributed by atoms with Crippen molar-refractivity contribution in [3.8, 4) is 5.75 Å². The molecule has 3 aromatic rings. The van der Waals surface area contributed by atoms with Crippen LogP contribution < -0.4 is 4.74 Å². The summed E-state index contributed by atoms with van der Waals surface area (Å²) in [4.78, 5) is 8.93. The van der Waals surface area contributed by atoms with E-state index in [4.69, 9.17) is 4.74 Å². The van der Waals surface area contributed by atoms with Gasteiger partial charge in [0.15, 0.2) is 0 Å². The minimum atomic E-state index is 0.458. The van der Waals surface area contributed by atoms with Crippen molar-refractivity contribution < 1.29 is 4.74 Å². The molecule has 3 heteroatoms. The number of hydrogen-bond acceptors (Lipinski definition) is 3. The van der Waals surface area contributed by atoms with Crippen LogP contribution in [0.1, 0.15) is 27.9 Å². The fraction of sp³-hybridized carbons (Fsp3) is 0.103. The van der Waals surface area contributed by atoms with Crippen LogP contribution in [-0.4, -0.2) is 17.2 Å². The number of benzene rings is 2. The average Bonchev–Trinajstić information content (AvgIpc) is 3.50. The number of nitrogens with zero attached hydrogens (tertiary/aromatic N) is 2. The van der Waals surface area contributed by atoms with E-state index in [9.17, 15) is 0 Å². The molecular formula is C29H24N2O. The first-order valence-corrected chi connectivity index (χ1v) is 10.9. The lowest BCUT2D eigenvalue weighted by Gasteiger charge is -2.06. The molecule has 0 fully saturated rings. The van der Waals surface area contributed by atoms with Crippen LogP contribution in [0.4, 0.5) is 0 Å². The molecule has 0 N–H and O–H groups in total. The third kappa shape index (κ3) is 5.01. The van der Waals surface area contributed by atoms with Crippen molar-refractivity contribution in [2.24, 2.45) is 4.99 Å². The van der Waals surface area contributed by atoms with Gasteiger partial charge in [0.05, 0.1) is 18.0 Å². The van der Waals surface area contributed by atoms with E-state index >= 15 is 0 Å². The SMILES string of the molecule is C1=Cc2ccc(/C=C/C3=CC(/C=C/c4cccc(OCc5ccccn5)c4)=NC3)cc2C1. The maximum atomic E-state index is 5.87. The van der Waals surface area contributed by atoms with Gasteiger partial charge in [0.1, 0.15) is 12.4 Å². The summed E-state index contributed by atoms with van der Waals surface area (Å²) in [5, 5.41) is 0. The van der Waals surface area contributed by atoms with Crippen molar-refractivity contribution in [3.63, 3.8) is 0 Å². The quantitative estimate of drug-likeness (QED) is 0.450. The fourth-order valence-electron chi connectivity index (χ4n) is 3.78. The van der Waals surface area contributed by atoms with Crippen molar-refractivity contribution in [3.05, 3.63) is 125 Å². The molecule has 156 valence electrons. The Bertz CT molecular complexity index is 1260. The fourth-order valence-corrected chi connectivity index (χ4v) is 3.78. The lowest BCUT2D eigenvalue weighted by Crippen LogP contribution is -1.97. The van der Waals surface area contributed by atoms with Gasteiger partial charge in [-0.3, -0.25) is 9.98 Å². The number of ether oxygens (including phenoxy) is 1. The van der Waals surface area contributed by atoms with Gasteiger partial charge in [-0.05, 0) is 70.7 Å². The van der Waals surface area contributed by atoms with Crippen LogP contribution in [0.3, 0.4) is 0 Å². The van der Waals surface area contributed by atoms with Gasteiger partial charge < -0.3 is 4.74 Å². The third-order valence-corrected chi connectivity index (χ3v) is 5.49. The van der Waals surface area contributed by atoms with Crippen LogP contribution in [-0.2, 0) is 13.0 Å². The molecule has 0 saturated carbocycles. The lowest BCUT2D eigenvalue weighted by molar-refractivity contribution is 0.301. The molecule has 0 unspecified atom stereocenters. The van der Waals surface area contributed by atoms with Crippen molar-refractivity contribution >= 4 is 23.9 Å². The van der Waals surface area contributed by atoms with E-state index in [0.717, 1.165) is 35.7 Å². The average molecular weight is 417 g/mol. The molecule has 0 bridgehead atoms. The Morgan fingerprint density at radius 2 is 1.81 bits per heavy atom. The summed E-state index contributed by atoms with van der Waals surface area (Å²) in [5.41, 5.74) is 8.17. The largest absolute Gasteiger partial charge is 0.487 e. The molecule has 1 aliphatic heterocycles. The molecule has 0 spiro atoms. The Morgan fingerprint density at radius 3 is 2.75 bits per heavy atom. The van der Waals surface area contributed by atoms with Gasteiger partial charge >= 0.3 is 0 Å². The van der Waals surface area contributed by atoms with Gasteiger partial charge in [-0.1, -0.05) is 66.8 Å². The molecule has 3 nitrogen and oxygen atoms in total. The smallest absolute Gasteiger partial charge is 0.130 e. The van der Waals surface area contributed by atoms with Crippen LogP contribution in [0.25, 0.3) is 18.2 Å². The number of fused-ring (bicyclic) bond motifs is 1. The zero-order valence-corrected chi connectivity index (χ0v) is 17.8. The van der Waals surface area contributed by atoms with E-state index < -0.39 is 0 Å². The Kier molecular flexibility index (Phi) is 5.89. The van der Waals surface area contributed by atoms with Gasteiger partial charge in [0, 0.05) is 6.20 Å². The van der Waals surface area contributed by atoms with Crippen molar-refractivity contribution in [1.82, 2.24) is 4.98 Å². The van der Waals surface area contributed by atoms with E-state index in [1.54, 1.807) is 6.20 Å². The Labute approximate surface area is 188 Å². The first kappa shape index (κ1) is 20.0. The molecule has 0 atom stereocenters. The maximum absolute atomic E-state index is 5.87. The molecule has 32 heavy (non-hydrogen) atoms. The number of rotatable bonds is 7. The van der Waals surface area contributed by atoms with Gasteiger partial charge in [0.2, 0.25) is 0 Å². The Balaban J connectivity index is 1.19. The van der Waals surface area contributed by atoms with Gasteiger partial charge in [0.25, 0.3) is 0 Å². The minimum absolute atomic E-state index is 0.458. The number of allylic oxidation sites excluding steroid dienone is 3. The molecule has 1 aromatic heterocycles. The highest BCUT2D eigenvalue weighted by Crippen LogP contribution is 2.22. The maximum Gasteiger partial charge on any atom is 0.130 e. The second-order valence-electron chi connectivity index (χ2n) is 7.87. The molecule has 2 aliphatic rings. The van der Waals surface area contributed by atoms with Crippen LogP contribution in [0.2, 0.25) is 0 Å². The predicted molar refractivity (Wildman–Crippen MR) is 133 cm³/mol. The summed E-state index contributed by atoms with van der Waals surface area (Å²) >= 11 is 0. The molecule has 0 amide bonds. The number of aliphatic imine (C=N–C) groups is 1. The van der Waals surface area contributed by atoms with Crippen molar-refractivity contribution in [2.45, 2.75) is 13.0 Å². The minimum Gasteiger partial charge on any atom is -0.487 e. The summed E-state index contributed by atoms with van der Waals surface area (Å²) < 4.78 is 5.87. The number of aromatic nitrogens is 1. The monoisotopic (exact) mass is 416 g/mol. The van der Waals surface area contributed by atoms with E-state index in [2.05, 4.69) is 76.8 Å². The Hall–Kier alpha value is -3.98. The van der Waals surface area contributed by atoms with Gasteiger partial charge in [-0.25, -0.2) is 0 Å². The summed E-state index contributed by atoms with van der Waals surface area (Å²) in [6.45, 7) is 1.18. The normalized spacial score (nSPS) is 14.8. The summed E-state index contributed by atoms with van der Waals surface area (Å²) in [7, 11) is 0. The summed E-state index contributed by atoms with van der Waals surface area (Å²) in [6, 6.07) is 20.5. The van der Waals surface area contributed by atoms with Gasteiger partial charge in [-0.15, -0.1) is 0 Å². The lowest BCUT2D eigenvalue weighted by atomic mass is 10.0. The van der Waals surface area contributed by atoms with Crippen molar-refractivity contribution in [2.75, 3.05) is 6.54 Å². The topological polar surface area (TPSA) is 34.5 Å². The van der Waals surface area contributed by atoms with E-state index in [1.165, 1.54) is 22.3 Å². The molecular weight excluding hydrogens is 392 g/mol. The summed E-state index contributed by atoms with van der Waals surface area (Å²) in [5.74, 6) is 0.829. The summed E-state index contributed by atoms with van der Waals surface area (Å²) in [6.07, 6.45) is 17.8. The first-order valence-electron chi connectivity index (χ1n) is 10.9. The highest BCUT2D eigenvalue weighted by atomic mass is 16.5. The third-order valence-electron chi connectivity index (χ3n) is 5.49. The zero-order chi connectivity index (χ0) is 21.6. The molecule has 2 aromatic carbocycles. The predicted octanol–water partition coefficient (Wildman–Crippen LogP) is 6.34. The van der Waals surface area contributed by atoms with Crippen molar-refractivity contribution in [1.29, 1.82) is 0 Å². The molecule has 2 heterocycles. The first-order chi connectivity index (χ1) is 15.8. The number of hydrogen-bond donors (Lipinski definition) is 0. The standard InChI is InChI=1S/C29H24N2O/c1-2-16-30-28(8-1)21-32-29-9-3-5-22(19-29)13-15-27-18-24(20-31-27)11-10-23-12-14-25-6-4-7-26(25)17-23/h1-6,8-19H,7,20-21H2/b11-10+,15-13+. The highest BCUT2D eigenvalue weighted by molar-refractivity contribution is 6.08. The molecule has 0 radical (unpaired) electrons. The zero-order valence-electron chi connectivity index (χ0n) is 17.8.